The Balaban J connectivity index is 1.78. The molecule has 2 amide bonds. The highest BCUT2D eigenvalue weighted by molar-refractivity contribution is 5.94. The Morgan fingerprint density at radius 3 is 2.43 bits per heavy atom. The number of furan rings is 1. The molecular formula is C23H27N3O4. The summed E-state index contributed by atoms with van der Waals surface area (Å²) in [4.78, 5) is 29.3. The van der Waals surface area contributed by atoms with E-state index >= 15 is 0 Å². The highest BCUT2D eigenvalue weighted by Gasteiger charge is 2.24. The highest BCUT2D eigenvalue weighted by Crippen LogP contribution is 2.13. The maximum atomic E-state index is 13.3. The zero-order chi connectivity index (χ0) is 21.3. The first-order chi connectivity index (χ1) is 14.6. The van der Waals surface area contributed by atoms with Gasteiger partial charge in [0.15, 0.2) is 5.76 Å². The van der Waals surface area contributed by atoms with Gasteiger partial charge in [0.25, 0.3) is 5.91 Å². The van der Waals surface area contributed by atoms with E-state index < -0.39 is 0 Å². The van der Waals surface area contributed by atoms with E-state index in [9.17, 15) is 9.59 Å². The molecule has 7 nitrogen and oxygen atoms in total. The molecule has 0 saturated carbocycles. The van der Waals surface area contributed by atoms with Crippen LogP contribution in [0.4, 0.5) is 0 Å². The topological polar surface area (TPSA) is 67.9 Å². The molecule has 7 heteroatoms. The molecule has 3 rings (SSSR count). The molecule has 0 aliphatic heterocycles. The minimum absolute atomic E-state index is 0.0554. The van der Waals surface area contributed by atoms with Gasteiger partial charge in [-0.15, -0.1) is 0 Å². The number of methoxy groups -OCH3 is 1. The second kappa shape index (κ2) is 10.5. The third kappa shape index (κ3) is 5.61. The lowest BCUT2D eigenvalue weighted by Gasteiger charge is -2.27. The molecule has 0 atom stereocenters. The first kappa shape index (κ1) is 21.4. The molecule has 0 unspecified atom stereocenters. The Labute approximate surface area is 176 Å². The molecule has 0 spiro atoms. The van der Waals surface area contributed by atoms with Gasteiger partial charge in [0.05, 0.1) is 19.4 Å². The number of carbonyl (C=O) groups is 2. The first-order valence-corrected chi connectivity index (χ1v) is 9.82. The Morgan fingerprint density at radius 1 is 1.00 bits per heavy atom. The summed E-state index contributed by atoms with van der Waals surface area (Å²) < 4.78 is 12.3. The monoisotopic (exact) mass is 409 g/mol. The normalized spacial score (nSPS) is 10.7. The Morgan fingerprint density at radius 2 is 1.80 bits per heavy atom. The van der Waals surface area contributed by atoms with Gasteiger partial charge in [-0.2, -0.15) is 0 Å². The Bertz CT molecular complexity index is 935. The number of hydrogen-bond acceptors (Lipinski definition) is 4. The number of carbonyl (C=O) groups excluding carboxylic acids is 2. The van der Waals surface area contributed by atoms with Crippen LogP contribution in [0, 0.1) is 0 Å². The summed E-state index contributed by atoms with van der Waals surface area (Å²) in [6, 6.07) is 17.0. The Kier molecular flexibility index (Phi) is 7.45. The van der Waals surface area contributed by atoms with E-state index in [4.69, 9.17) is 9.15 Å². The molecule has 0 bridgehead atoms. The number of nitrogens with zero attached hydrogens (tertiary/aromatic N) is 3. The molecule has 30 heavy (non-hydrogen) atoms. The van der Waals surface area contributed by atoms with Crippen molar-refractivity contribution >= 4 is 11.8 Å². The zero-order valence-corrected chi connectivity index (χ0v) is 17.4. The average molecular weight is 409 g/mol. The lowest BCUT2D eigenvalue weighted by atomic mass is 10.2. The molecule has 0 radical (unpaired) electrons. The molecule has 0 fully saturated rings. The van der Waals surface area contributed by atoms with Gasteiger partial charge in [0, 0.05) is 39.1 Å². The third-order valence-electron chi connectivity index (χ3n) is 4.88. The summed E-state index contributed by atoms with van der Waals surface area (Å²) in [7, 11) is 3.51. The molecule has 0 aliphatic carbocycles. The SMILES string of the molecule is COCCN(CC(=O)N(Cc1ccccc1)Cc1cccn1C)C(=O)c1ccco1. The van der Waals surface area contributed by atoms with Crippen molar-refractivity contribution in [1.82, 2.24) is 14.4 Å². The summed E-state index contributed by atoms with van der Waals surface area (Å²) in [5.41, 5.74) is 2.04. The predicted octanol–water partition coefficient (Wildman–Crippen LogP) is 2.94. The van der Waals surface area contributed by atoms with Crippen molar-refractivity contribution in [2.45, 2.75) is 13.1 Å². The van der Waals surface area contributed by atoms with Gasteiger partial charge in [-0.1, -0.05) is 30.3 Å². The lowest BCUT2D eigenvalue weighted by Crippen LogP contribution is -2.43. The maximum Gasteiger partial charge on any atom is 0.290 e. The van der Waals surface area contributed by atoms with Gasteiger partial charge in [-0.3, -0.25) is 9.59 Å². The number of aryl methyl sites for hydroxylation is 1. The van der Waals surface area contributed by atoms with Crippen LogP contribution in [0.3, 0.4) is 0 Å². The fourth-order valence-corrected chi connectivity index (χ4v) is 3.17. The number of rotatable bonds is 10. The third-order valence-corrected chi connectivity index (χ3v) is 4.88. The largest absolute Gasteiger partial charge is 0.459 e. The summed E-state index contributed by atoms with van der Waals surface area (Å²) in [5, 5.41) is 0. The fourth-order valence-electron chi connectivity index (χ4n) is 3.17. The highest BCUT2D eigenvalue weighted by atomic mass is 16.5. The lowest BCUT2D eigenvalue weighted by molar-refractivity contribution is -0.133. The Hall–Kier alpha value is -3.32. The van der Waals surface area contributed by atoms with Crippen LogP contribution in [-0.2, 0) is 29.7 Å². The van der Waals surface area contributed by atoms with Gasteiger partial charge in [-0.05, 0) is 29.8 Å². The molecule has 0 aliphatic rings. The number of hydrogen-bond donors (Lipinski definition) is 0. The molecule has 2 heterocycles. The van der Waals surface area contributed by atoms with Crippen LogP contribution in [0.25, 0.3) is 0 Å². The average Bonchev–Trinajstić information content (AvgIpc) is 3.43. The van der Waals surface area contributed by atoms with Crippen molar-refractivity contribution in [3.8, 4) is 0 Å². The number of amides is 2. The predicted molar refractivity (Wildman–Crippen MR) is 113 cm³/mol. The zero-order valence-electron chi connectivity index (χ0n) is 17.4. The van der Waals surface area contributed by atoms with Crippen LogP contribution in [0.5, 0.6) is 0 Å². The first-order valence-electron chi connectivity index (χ1n) is 9.82. The number of aromatic nitrogens is 1. The van der Waals surface area contributed by atoms with Crippen LogP contribution in [0.15, 0.2) is 71.5 Å². The van der Waals surface area contributed by atoms with E-state index in [2.05, 4.69) is 0 Å². The summed E-state index contributed by atoms with van der Waals surface area (Å²) >= 11 is 0. The van der Waals surface area contributed by atoms with Gasteiger partial charge >= 0.3 is 0 Å². The van der Waals surface area contributed by atoms with E-state index in [0.29, 0.717) is 26.2 Å². The van der Waals surface area contributed by atoms with Crippen molar-refractivity contribution < 1.29 is 18.7 Å². The minimum atomic E-state index is -0.330. The van der Waals surface area contributed by atoms with Crippen molar-refractivity contribution in [3.05, 3.63) is 84.1 Å². The van der Waals surface area contributed by atoms with Gasteiger partial charge in [0.2, 0.25) is 5.91 Å². The van der Waals surface area contributed by atoms with Crippen LogP contribution < -0.4 is 0 Å². The molecular weight excluding hydrogens is 382 g/mol. The van der Waals surface area contributed by atoms with E-state index in [1.807, 2.05) is 60.3 Å². The standard InChI is InChI=1S/C23H27N3O4/c1-24-12-6-10-20(24)17-26(16-19-8-4-3-5-9-19)22(27)18-25(13-15-29-2)23(28)21-11-7-14-30-21/h3-12,14H,13,15-18H2,1-2H3. The van der Waals surface area contributed by atoms with E-state index in [-0.39, 0.29) is 24.1 Å². The molecule has 0 saturated heterocycles. The van der Waals surface area contributed by atoms with Gasteiger partial charge < -0.3 is 23.5 Å². The van der Waals surface area contributed by atoms with Crippen molar-refractivity contribution in [1.29, 1.82) is 0 Å². The molecule has 1 aromatic carbocycles. The summed E-state index contributed by atoms with van der Waals surface area (Å²) in [6.45, 7) is 1.48. The second-order valence-electron chi connectivity index (χ2n) is 7.04. The van der Waals surface area contributed by atoms with Gasteiger partial charge in [-0.25, -0.2) is 0 Å². The van der Waals surface area contributed by atoms with E-state index in [1.165, 1.54) is 11.2 Å². The minimum Gasteiger partial charge on any atom is -0.459 e. The number of ether oxygens (including phenoxy) is 1. The fraction of sp³-hybridized carbons (Fsp3) is 0.304. The van der Waals surface area contributed by atoms with Crippen LogP contribution in [-0.4, -0.2) is 53.0 Å². The summed E-state index contributed by atoms with van der Waals surface area (Å²) in [5.74, 6) is -0.268. The second-order valence-corrected chi connectivity index (χ2v) is 7.04. The van der Waals surface area contributed by atoms with Crippen molar-refractivity contribution in [2.75, 3.05) is 26.8 Å². The smallest absolute Gasteiger partial charge is 0.290 e. The molecule has 2 aromatic heterocycles. The molecule has 158 valence electrons. The maximum absolute atomic E-state index is 13.3. The molecule has 0 N–H and O–H groups in total. The summed E-state index contributed by atoms with van der Waals surface area (Å²) in [6.07, 6.45) is 3.40. The van der Waals surface area contributed by atoms with Gasteiger partial charge in [0.1, 0.15) is 6.54 Å². The van der Waals surface area contributed by atoms with E-state index in [1.54, 1.807) is 24.1 Å². The van der Waals surface area contributed by atoms with Crippen LogP contribution in [0.1, 0.15) is 21.8 Å². The number of benzene rings is 1. The quantitative estimate of drug-likeness (QED) is 0.516. The van der Waals surface area contributed by atoms with Crippen LogP contribution in [0.2, 0.25) is 0 Å². The van der Waals surface area contributed by atoms with Crippen molar-refractivity contribution in [3.63, 3.8) is 0 Å². The van der Waals surface area contributed by atoms with Crippen molar-refractivity contribution in [2.24, 2.45) is 7.05 Å². The van der Waals surface area contributed by atoms with E-state index in [0.717, 1.165) is 11.3 Å². The molecule has 3 aromatic rings. The van der Waals surface area contributed by atoms with Crippen LogP contribution >= 0.6 is 0 Å².